The number of anilines is 1. The number of hydrogen-bond acceptors (Lipinski definition) is 8. The number of methoxy groups -OCH3 is 2. The molecule has 3 rings (SSSR count). The van der Waals surface area contributed by atoms with Gasteiger partial charge in [-0.2, -0.15) is 5.10 Å². The molecule has 0 aromatic heterocycles. The van der Waals surface area contributed by atoms with Gasteiger partial charge in [0.15, 0.2) is 18.1 Å². The highest BCUT2D eigenvalue weighted by Gasteiger charge is 2.12. The number of benzene rings is 3. The topological polar surface area (TPSA) is 137 Å². The first-order chi connectivity index (χ1) is 19.4. The number of nitrogens with one attached hydrogen (secondary N) is 3. The molecule has 3 amide bonds. The summed E-state index contributed by atoms with van der Waals surface area (Å²) in [6.45, 7) is 2.56. The Kier molecular flexibility index (Phi) is 11.3. The number of nitrogens with zero attached hydrogens (tertiary/aromatic N) is 1. The highest BCUT2D eigenvalue weighted by molar-refractivity contribution is 6.35. The van der Waals surface area contributed by atoms with Crippen LogP contribution >= 0.6 is 0 Å². The Bertz CT molecular complexity index is 1310. The number of carbonyl (C=O) groups is 3. The minimum Gasteiger partial charge on any atom is -0.494 e. The second-order valence-electron chi connectivity index (χ2n) is 8.26. The van der Waals surface area contributed by atoms with Crippen molar-refractivity contribution in [1.29, 1.82) is 0 Å². The van der Waals surface area contributed by atoms with Crippen LogP contribution in [0.15, 0.2) is 71.8 Å². The fraction of sp³-hybridized carbons (Fsp3) is 0.241. The lowest BCUT2D eigenvalue weighted by molar-refractivity contribution is -0.139. The molecule has 0 aliphatic carbocycles. The molecule has 0 bridgehead atoms. The van der Waals surface area contributed by atoms with Crippen molar-refractivity contribution in [3.63, 3.8) is 0 Å². The van der Waals surface area contributed by atoms with Gasteiger partial charge in [-0.05, 0) is 85.1 Å². The number of carbonyl (C=O) groups excluding carboxylic acids is 3. The molecule has 3 aromatic rings. The van der Waals surface area contributed by atoms with Crippen LogP contribution in [-0.2, 0) is 20.8 Å². The van der Waals surface area contributed by atoms with Gasteiger partial charge in [0.25, 0.3) is 5.91 Å². The molecular formula is C29H32N4O7. The van der Waals surface area contributed by atoms with E-state index in [9.17, 15) is 14.4 Å². The van der Waals surface area contributed by atoms with Crippen molar-refractivity contribution in [2.24, 2.45) is 5.10 Å². The van der Waals surface area contributed by atoms with E-state index in [1.807, 2.05) is 19.1 Å². The van der Waals surface area contributed by atoms with Crippen molar-refractivity contribution in [3.05, 3.63) is 77.9 Å². The summed E-state index contributed by atoms with van der Waals surface area (Å²) in [5.74, 6) is 0.413. The fourth-order valence-corrected chi connectivity index (χ4v) is 3.45. The van der Waals surface area contributed by atoms with Crippen LogP contribution in [0.25, 0.3) is 0 Å². The highest BCUT2D eigenvalue weighted by Crippen LogP contribution is 2.27. The Labute approximate surface area is 232 Å². The molecule has 0 spiro atoms. The maximum Gasteiger partial charge on any atom is 0.329 e. The van der Waals surface area contributed by atoms with Crippen molar-refractivity contribution >= 4 is 29.6 Å². The zero-order valence-corrected chi connectivity index (χ0v) is 22.6. The molecule has 0 saturated heterocycles. The maximum atomic E-state index is 12.1. The summed E-state index contributed by atoms with van der Waals surface area (Å²) in [6, 6.07) is 19.2. The van der Waals surface area contributed by atoms with Crippen LogP contribution in [0.2, 0.25) is 0 Å². The van der Waals surface area contributed by atoms with Crippen molar-refractivity contribution in [2.75, 3.05) is 39.3 Å². The first kappa shape index (κ1) is 29.5. The Morgan fingerprint density at radius 2 is 1.50 bits per heavy atom. The molecule has 40 heavy (non-hydrogen) atoms. The van der Waals surface area contributed by atoms with Gasteiger partial charge in [-0.25, -0.2) is 5.43 Å². The highest BCUT2D eigenvalue weighted by atomic mass is 16.5. The second kappa shape index (κ2) is 15.4. The van der Waals surface area contributed by atoms with Gasteiger partial charge in [-0.3, -0.25) is 14.4 Å². The summed E-state index contributed by atoms with van der Waals surface area (Å²) < 4.78 is 21.3. The van der Waals surface area contributed by atoms with Crippen LogP contribution in [0.3, 0.4) is 0 Å². The third kappa shape index (κ3) is 9.35. The van der Waals surface area contributed by atoms with E-state index in [0.29, 0.717) is 41.5 Å². The van der Waals surface area contributed by atoms with E-state index in [-0.39, 0.29) is 19.1 Å². The van der Waals surface area contributed by atoms with Gasteiger partial charge in [-0.1, -0.05) is 6.07 Å². The summed E-state index contributed by atoms with van der Waals surface area (Å²) >= 11 is 0. The summed E-state index contributed by atoms with van der Waals surface area (Å²) in [7, 11) is 3.10. The zero-order chi connectivity index (χ0) is 28.7. The summed E-state index contributed by atoms with van der Waals surface area (Å²) in [4.78, 5) is 36.2. The monoisotopic (exact) mass is 548 g/mol. The predicted octanol–water partition coefficient (Wildman–Crippen LogP) is 2.93. The minimum absolute atomic E-state index is 0.169. The van der Waals surface area contributed by atoms with Gasteiger partial charge in [-0.15, -0.1) is 0 Å². The van der Waals surface area contributed by atoms with Gasteiger partial charge in [0, 0.05) is 12.2 Å². The largest absolute Gasteiger partial charge is 0.494 e. The van der Waals surface area contributed by atoms with Crippen LogP contribution < -0.4 is 35.0 Å². The smallest absolute Gasteiger partial charge is 0.329 e. The number of ether oxygens (including phenoxy) is 4. The van der Waals surface area contributed by atoms with E-state index in [0.717, 1.165) is 11.3 Å². The van der Waals surface area contributed by atoms with Gasteiger partial charge in [0.05, 0.1) is 27.0 Å². The van der Waals surface area contributed by atoms with E-state index < -0.39 is 11.8 Å². The molecule has 0 aliphatic heterocycles. The molecule has 0 saturated carbocycles. The van der Waals surface area contributed by atoms with Crippen LogP contribution in [0.1, 0.15) is 18.1 Å². The third-order valence-electron chi connectivity index (χ3n) is 5.43. The van der Waals surface area contributed by atoms with Gasteiger partial charge >= 0.3 is 11.8 Å². The molecule has 11 nitrogen and oxygen atoms in total. The number of hydrogen-bond donors (Lipinski definition) is 3. The van der Waals surface area contributed by atoms with E-state index in [4.69, 9.17) is 18.9 Å². The van der Waals surface area contributed by atoms with Crippen molar-refractivity contribution in [3.8, 4) is 23.0 Å². The molecule has 3 N–H and O–H groups in total. The molecule has 210 valence electrons. The van der Waals surface area contributed by atoms with Crippen LogP contribution in [-0.4, -0.2) is 57.9 Å². The number of rotatable bonds is 13. The SMILES string of the molecule is CCOc1ccc(NC(=O)COc2ccc(/C=N\NC(=O)C(=O)NCCc3ccc(OC)c(OC)c3)cc2)cc1. The lowest BCUT2D eigenvalue weighted by Gasteiger charge is -2.10. The van der Waals surface area contributed by atoms with Crippen LogP contribution in [0, 0.1) is 0 Å². The first-order valence-corrected chi connectivity index (χ1v) is 12.5. The van der Waals surface area contributed by atoms with Crippen molar-refractivity contribution in [1.82, 2.24) is 10.7 Å². The third-order valence-corrected chi connectivity index (χ3v) is 5.43. The molecule has 0 radical (unpaired) electrons. The average Bonchev–Trinajstić information content (AvgIpc) is 2.97. The zero-order valence-electron chi connectivity index (χ0n) is 22.6. The van der Waals surface area contributed by atoms with Crippen molar-refractivity contribution < 1.29 is 33.3 Å². The lowest BCUT2D eigenvalue weighted by atomic mass is 10.1. The minimum atomic E-state index is -0.887. The van der Waals surface area contributed by atoms with Gasteiger partial charge < -0.3 is 29.6 Å². The molecule has 0 unspecified atom stereocenters. The van der Waals surface area contributed by atoms with Crippen LogP contribution in [0.5, 0.6) is 23.0 Å². The van der Waals surface area contributed by atoms with Gasteiger partial charge in [0.1, 0.15) is 11.5 Å². The van der Waals surface area contributed by atoms with E-state index in [2.05, 4.69) is 21.2 Å². The van der Waals surface area contributed by atoms with E-state index in [1.54, 1.807) is 68.8 Å². The molecular weight excluding hydrogens is 516 g/mol. The Hall–Kier alpha value is -5.06. The number of amides is 3. The first-order valence-electron chi connectivity index (χ1n) is 12.5. The van der Waals surface area contributed by atoms with E-state index >= 15 is 0 Å². The summed E-state index contributed by atoms with van der Waals surface area (Å²) in [5.41, 5.74) is 4.39. The lowest BCUT2D eigenvalue weighted by Crippen LogP contribution is -2.38. The molecule has 0 aliphatic rings. The normalized spacial score (nSPS) is 10.5. The van der Waals surface area contributed by atoms with Crippen LogP contribution in [0.4, 0.5) is 5.69 Å². The predicted molar refractivity (Wildman–Crippen MR) is 150 cm³/mol. The Balaban J connectivity index is 1.36. The Morgan fingerprint density at radius 3 is 2.17 bits per heavy atom. The standard InChI is InChI=1S/C29H32N4O7/c1-4-39-23-12-8-22(9-13-23)32-27(34)19-40-24-10-5-21(6-11-24)18-31-33-29(36)28(35)30-16-15-20-7-14-25(37-2)26(17-20)38-3/h5-14,17-18H,4,15-16,19H2,1-3H3,(H,30,35)(H,32,34)(H,33,36)/b31-18-. The number of hydrazone groups is 1. The van der Waals surface area contributed by atoms with Gasteiger partial charge in [0.2, 0.25) is 0 Å². The molecule has 11 heteroatoms. The second-order valence-corrected chi connectivity index (χ2v) is 8.26. The quantitative estimate of drug-likeness (QED) is 0.170. The Morgan fingerprint density at radius 1 is 0.825 bits per heavy atom. The average molecular weight is 549 g/mol. The summed E-state index contributed by atoms with van der Waals surface area (Å²) in [6.07, 6.45) is 1.89. The summed E-state index contributed by atoms with van der Waals surface area (Å²) in [5, 5.41) is 9.10. The fourth-order valence-electron chi connectivity index (χ4n) is 3.45. The molecule has 0 fully saturated rings. The molecule has 0 atom stereocenters. The maximum absolute atomic E-state index is 12.1. The molecule has 3 aromatic carbocycles. The van der Waals surface area contributed by atoms with E-state index in [1.165, 1.54) is 6.21 Å². The van der Waals surface area contributed by atoms with Crippen molar-refractivity contribution in [2.45, 2.75) is 13.3 Å². The molecule has 0 heterocycles.